The molecule has 1 saturated heterocycles. The number of amides is 1. The molecule has 1 heterocycles. The van der Waals surface area contributed by atoms with Crippen LogP contribution in [-0.4, -0.2) is 41.8 Å². The lowest BCUT2D eigenvalue weighted by Gasteiger charge is -2.36. The molecule has 1 aliphatic rings. The summed E-state index contributed by atoms with van der Waals surface area (Å²) in [5.74, 6) is -0.155. The van der Waals surface area contributed by atoms with Crippen molar-refractivity contribution in [2.24, 2.45) is 0 Å². The van der Waals surface area contributed by atoms with Crippen molar-refractivity contribution in [1.29, 1.82) is 0 Å². The van der Waals surface area contributed by atoms with E-state index < -0.39 is 5.60 Å². The molecule has 0 N–H and O–H groups in total. The Balaban J connectivity index is 2.45. The van der Waals surface area contributed by atoms with Gasteiger partial charge in [-0.1, -0.05) is 0 Å². The molecule has 0 saturated carbocycles. The molecule has 0 unspecified atom stereocenters. The van der Waals surface area contributed by atoms with Crippen LogP contribution in [0.4, 0.5) is 4.79 Å². The zero-order valence-corrected chi connectivity index (χ0v) is 13.8. The van der Waals surface area contributed by atoms with E-state index in [0.717, 1.165) is 38.6 Å². The highest BCUT2D eigenvalue weighted by Gasteiger charge is 2.30. The molecule has 0 aromatic rings. The van der Waals surface area contributed by atoms with Crippen LogP contribution in [0, 0.1) is 0 Å². The normalized spacial score (nSPS) is 19.2. The van der Waals surface area contributed by atoms with Crippen LogP contribution in [0.25, 0.3) is 0 Å². The zero-order valence-electron chi connectivity index (χ0n) is 13.8. The van der Waals surface area contributed by atoms with Gasteiger partial charge in [0.1, 0.15) is 5.60 Å². The van der Waals surface area contributed by atoms with Crippen molar-refractivity contribution in [2.75, 3.05) is 13.2 Å². The molecular formula is C16H29NO4. The molecule has 5 heteroatoms. The number of hydrogen-bond acceptors (Lipinski definition) is 4. The van der Waals surface area contributed by atoms with E-state index in [1.54, 1.807) is 0 Å². The summed E-state index contributed by atoms with van der Waals surface area (Å²) in [6, 6.07) is 0.183. The van der Waals surface area contributed by atoms with Crippen LogP contribution in [0.3, 0.4) is 0 Å². The lowest BCUT2D eigenvalue weighted by atomic mass is 9.97. The third-order valence-corrected chi connectivity index (χ3v) is 3.48. The predicted molar refractivity (Wildman–Crippen MR) is 81.1 cm³/mol. The molecule has 21 heavy (non-hydrogen) atoms. The molecule has 1 fully saturated rings. The summed E-state index contributed by atoms with van der Waals surface area (Å²) in [4.78, 5) is 25.4. The van der Waals surface area contributed by atoms with Crippen LogP contribution in [0.5, 0.6) is 0 Å². The van der Waals surface area contributed by atoms with Gasteiger partial charge in [0.2, 0.25) is 0 Å². The summed E-state index contributed by atoms with van der Waals surface area (Å²) in [6.07, 6.45) is 4.91. The van der Waals surface area contributed by atoms with Gasteiger partial charge >= 0.3 is 12.1 Å². The Morgan fingerprint density at radius 2 is 1.95 bits per heavy atom. The van der Waals surface area contributed by atoms with Gasteiger partial charge in [-0.15, -0.1) is 0 Å². The second kappa shape index (κ2) is 8.25. The monoisotopic (exact) mass is 299 g/mol. The van der Waals surface area contributed by atoms with Gasteiger partial charge in [0.25, 0.3) is 0 Å². The van der Waals surface area contributed by atoms with Crippen LogP contribution >= 0.6 is 0 Å². The SMILES string of the molecule is CCOC(=O)CCC[C@H]1CCCCN1C(=O)OC(C)(C)C. The van der Waals surface area contributed by atoms with Crippen LogP contribution in [-0.2, 0) is 14.3 Å². The number of rotatable bonds is 5. The number of ether oxygens (including phenoxy) is 2. The van der Waals surface area contributed by atoms with Crippen molar-refractivity contribution in [3.63, 3.8) is 0 Å². The summed E-state index contributed by atoms with van der Waals surface area (Å²) in [6.45, 7) is 8.62. The maximum absolute atomic E-state index is 12.2. The van der Waals surface area contributed by atoms with E-state index in [1.807, 2.05) is 32.6 Å². The van der Waals surface area contributed by atoms with E-state index in [0.29, 0.717) is 13.0 Å². The Morgan fingerprint density at radius 1 is 1.24 bits per heavy atom. The Hall–Kier alpha value is -1.26. The number of esters is 1. The highest BCUT2D eigenvalue weighted by Crippen LogP contribution is 2.24. The van der Waals surface area contributed by atoms with Gasteiger partial charge in [-0.25, -0.2) is 4.79 Å². The van der Waals surface area contributed by atoms with Crippen molar-refractivity contribution < 1.29 is 19.1 Å². The third kappa shape index (κ3) is 6.82. The van der Waals surface area contributed by atoms with Crippen molar-refractivity contribution in [2.45, 2.75) is 77.9 Å². The first-order chi connectivity index (χ1) is 9.83. The van der Waals surface area contributed by atoms with Crippen molar-refractivity contribution in [1.82, 2.24) is 4.90 Å². The van der Waals surface area contributed by atoms with Gasteiger partial charge in [0.05, 0.1) is 6.61 Å². The number of hydrogen-bond donors (Lipinski definition) is 0. The topological polar surface area (TPSA) is 55.8 Å². The van der Waals surface area contributed by atoms with E-state index in [-0.39, 0.29) is 18.1 Å². The minimum Gasteiger partial charge on any atom is -0.466 e. The standard InChI is InChI=1S/C16H29NO4/c1-5-20-14(18)11-8-10-13-9-6-7-12-17(13)15(19)21-16(2,3)4/h13H,5-12H2,1-4H3/t13-/m1/s1. The molecule has 1 amide bonds. The highest BCUT2D eigenvalue weighted by molar-refractivity contribution is 5.69. The smallest absolute Gasteiger partial charge is 0.410 e. The van der Waals surface area contributed by atoms with Crippen LogP contribution in [0.1, 0.15) is 66.2 Å². The fourth-order valence-electron chi connectivity index (χ4n) is 2.58. The molecule has 122 valence electrons. The third-order valence-electron chi connectivity index (χ3n) is 3.48. The number of likely N-dealkylation sites (tertiary alicyclic amines) is 1. The molecule has 0 radical (unpaired) electrons. The average molecular weight is 299 g/mol. The van der Waals surface area contributed by atoms with Crippen molar-refractivity contribution in [3.8, 4) is 0 Å². The van der Waals surface area contributed by atoms with Gasteiger partial charge in [-0.2, -0.15) is 0 Å². The van der Waals surface area contributed by atoms with E-state index in [9.17, 15) is 9.59 Å². The molecule has 0 aliphatic carbocycles. The number of piperidine rings is 1. The van der Waals surface area contributed by atoms with E-state index >= 15 is 0 Å². The summed E-state index contributed by atoms with van der Waals surface area (Å²) in [5, 5.41) is 0. The van der Waals surface area contributed by atoms with Gasteiger partial charge in [0.15, 0.2) is 0 Å². The van der Waals surface area contributed by atoms with Crippen LogP contribution in [0.2, 0.25) is 0 Å². The number of carbonyl (C=O) groups excluding carboxylic acids is 2. The molecule has 1 rings (SSSR count). The van der Waals surface area contributed by atoms with Gasteiger partial charge in [-0.3, -0.25) is 4.79 Å². The molecule has 0 aromatic heterocycles. The first-order valence-electron chi connectivity index (χ1n) is 7.98. The zero-order chi connectivity index (χ0) is 15.9. The van der Waals surface area contributed by atoms with E-state index in [2.05, 4.69) is 0 Å². The minimum atomic E-state index is -0.468. The Morgan fingerprint density at radius 3 is 2.57 bits per heavy atom. The average Bonchev–Trinajstić information content (AvgIpc) is 2.37. The largest absolute Gasteiger partial charge is 0.466 e. The second-order valence-electron chi connectivity index (χ2n) is 6.52. The minimum absolute atomic E-state index is 0.155. The second-order valence-corrected chi connectivity index (χ2v) is 6.52. The quantitative estimate of drug-likeness (QED) is 0.729. The lowest BCUT2D eigenvalue weighted by molar-refractivity contribution is -0.143. The van der Waals surface area contributed by atoms with Gasteiger partial charge < -0.3 is 14.4 Å². The van der Waals surface area contributed by atoms with Crippen LogP contribution in [0.15, 0.2) is 0 Å². The predicted octanol–water partition coefficient (Wildman–Crippen LogP) is 3.51. The lowest BCUT2D eigenvalue weighted by Crippen LogP contribution is -2.46. The van der Waals surface area contributed by atoms with Gasteiger partial charge in [-0.05, 0) is 59.8 Å². The number of carbonyl (C=O) groups is 2. The molecular weight excluding hydrogens is 270 g/mol. The van der Waals surface area contributed by atoms with E-state index in [1.165, 1.54) is 0 Å². The number of nitrogens with zero attached hydrogens (tertiary/aromatic N) is 1. The maximum Gasteiger partial charge on any atom is 0.410 e. The first-order valence-corrected chi connectivity index (χ1v) is 7.98. The molecule has 0 bridgehead atoms. The Bertz CT molecular complexity index is 349. The fourth-order valence-corrected chi connectivity index (χ4v) is 2.58. The summed E-state index contributed by atoms with van der Waals surface area (Å²) in [5.41, 5.74) is -0.468. The van der Waals surface area contributed by atoms with Crippen molar-refractivity contribution >= 4 is 12.1 Å². The Kier molecular flexibility index (Phi) is 6.99. The Labute approximate surface area is 128 Å². The molecule has 0 spiro atoms. The summed E-state index contributed by atoms with van der Waals surface area (Å²) in [7, 11) is 0. The van der Waals surface area contributed by atoms with Crippen molar-refractivity contribution in [3.05, 3.63) is 0 Å². The van der Waals surface area contributed by atoms with Gasteiger partial charge in [0, 0.05) is 19.0 Å². The molecule has 5 nitrogen and oxygen atoms in total. The summed E-state index contributed by atoms with van der Waals surface area (Å²) >= 11 is 0. The molecule has 0 aromatic carbocycles. The summed E-state index contributed by atoms with van der Waals surface area (Å²) < 4.78 is 10.4. The molecule has 1 atom stereocenters. The highest BCUT2D eigenvalue weighted by atomic mass is 16.6. The molecule has 1 aliphatic heterocycles. The fraction of sp³-hybridized carbons (Fsp3) is 0.875. The maximum atomic E-state index is 12.2. The van der Waals surface area contributed by atoms with Crippen LogP contribution < -0.4 is 0 Å². The first kappa shape index (κ1) is 17.8. The van der Waals surface area contributed by atoms with E-state index in [4.69, 9.17) is 9.47 Å².